The molecule has 0 atom stereocenters. The summed E-state index contributed by atoms with van der Waals surface area (Å²) in [7, 11) is 0. The summed E-state index contributed by atoms with van der Waals surface area (Å²) in [5, 5.41) is 1.52. The molecule has 12 heavy (non-hydrogen) atoms. The van der Waals surface area contributed by atoms with Crippen molar-refractivity contribution in [2.45, 2.75) is 0 Å². The van der Waals surface area contributed by atoms with Gasteiger partial charge < -0.3 is 16.5 Å². The number of nitrogens with two attached hydrogens (primary N) is 3. The Labute approximate surface area is 69.6 Å². The third kappa shape index (κ3) is 0.858. The van der Waals surface area contributed by atoms with E-state index in [1.54, 1.807) is 17.3 Å². The highest BCUT2D eigenvalue weighted by Crippen LogP contribution is 2.16. The highest BCUT2D eigenvalue weighted by molar-refractivity contribution is 5.87. The second kappa shape index (κ2) is 2.23. The van der Waals surface area contributed by atoms with Crippen LogP contribution in [0.15, 0.2) is 28.9 Å². The van der Waals surface area contributed by atoms with E-state index in [0.29, 0.717) is 18.3 Å². The Balaban J connectivity index is 2.37. The van der Waals surface area contributed by atoms with Crippen molar-refractivity contribution in [1.29, 1.82) is 0 Å². The zero-order chi connectivity index (χ0) is 8.72. The van der Waals surface area contributed by atoms with E-state index in [-0.39, 0.29) is 0 Å². The summed E-state index contributed by atoms with van der Waals surface area (Å²) in [6.07, 6.45) is 3.45. The van der Waals surface area contributed by atoms with Crippen LogP contribution in [0.3, 0.4) is 0 Å². The lowest BCUT2D eigenvalue weighted by Gasteiger charge is -2.16. The van der Waals surface area contributed by atoms with Gasteiger partial charge in [-0.05, 0) is 4.90 Å². The molecule has 0 aliphatic carbocycles. The lowest BCUT2D eigenvalue weighted by Crippen LogP contribution is -2.43. The Morgan fingerprint density at radius 1 is 1.50 bits per heavy atom. The minimum Gasteiger partial charge on any atom is -0.379 e. The minimum absolute atomic E-state index is 0.395. The van der Waals surface area contributed by atoms with Gasteiger partial charge >= 0.3 is 5.96 Å². The van der Waals surface area contributed by atoms with Crippen molar-refractivity contribution < 1.29 is 0 Å². The van der Waals surface area contributed by atoms with Crippen LogP contribution in [-0.2, 0) is 0 Å². The molecule has 2 aliphatic heterocycles. The Bertz CT molecular complexity index is 301. The Morgan fingerprint density at radius 3 is 3.00 bits per heavy atom. The molecule has 6 heteroatoms. The van der Waals surface area contributed by atoms with Crippen molar-refractivity contribution in [3.05, 3.63) is 23.9 Å². The van der Waals surface area contributed by atoms with Gasteiger partial charge in [-0.3, -0.25) is 0 Å². The van der Waals surface area contributed by atoms with Gasteiger partial charge in [0.25, 0.3) is 0 Å². The molecule has 0 fully saturated rings. The fraction of sp³-hybridized carbons (Fsp3) is 0.167. The predicted octanol–water partition coefficient (Wildman–Crippen LogP) is -1.76. The van der Waals surface area contributed by atoms with Crippen LogP contribution in [-0.4, -0.2) is 17.5 Å². The first-order valence-electron chi connectivity index (χ1n) is 3.50. The molecule has 6 nitrogen and oxygen atoms in total. The van der Waals surface area contributed by atoms with Gasteiger partial charge in [0, 0.05) is 0 Å². The quantitative estimate of drug-likeness (QED) is 0.293. The van der Waals surface area contributed by atoms with Crippen molar-refractivity contribution in [2.24, 2.45) is 22.3 Å². The van der Waals surface area contributed by atoms with E-state index < -0.39 is 0 Å². The number of nitrogens with zero attached hydrogens (tertiary/aromatic N) is 3. The van der Waals surface area contributed by atoms with E-state index in [1.165, 1.54) is 5.01 Å². The molecule has 0 unspecified atom stereocenters. The first-order chi connectivity index (χ1) is 5.68. The topological polar surface area (TPSA) is 99.6 Å². The maximum Gasteiger partial charge on any atom is 0.362 e. The molecule has 2 rings (SSSR count). The van der Waals surface area contributed by atoms with Gasteiger partial charge in [-0.1, -0.05) is 0 Å². The van der Waals surface area contributed by atoms with E-state index in [2.05, 4.69) is 4.99 Å². The standard InChI is InChI=1S/C6H10N6/c7-5-4-3-11(9)1-2-12(4)6(8)10-5/h1-2H,3,7,9H2,(H2,8,10)/q+1. The van der Waals surface area contributed by atoms with Crippen LogP contribution in [0.4, 0.5) is 0 Å². The summed E-state index contributed by atoms with van der Waals surface area (Å²) in [4.78, 5) is 5.63. The first-order valence-corrected chi connectivity index (χ1v) is 3.50. The largest absolute Gasteiger partial charge is 0.379 e. The molecule has 6 N–H and O–H groups in total. The van der Waals surface area contributed by atoms with Gasteiger partial charge in [0.15, 0.2) is 12.0 Å². The van der Waals surface area contributed by atoms with Crippen LogP contribution in [0.25, 0.3) is 0 Å². The van der Waals surface area contributed by atoms with Crippen LogP contribution >= 0.6 is 0 Å². The average molecular weight is 166 g/mol. The van der Waals surface area contributed by atoms with Crippen LogP contribution in [0.1, 0.15) is 0 Å². The number of hydrogen-bond acceptors (Lipinski definition) is 6. The molecular formula is C6H10N6+. The smallest absolute Gasteiger partial charge is 0.362 e. The van der Waals surface area contributed by atoms with Gasteiger partial charge in [-0.25, -0.2) is 5.84 Å². The van der Waals surface area contributed by atoms with Gasteiger partial charge in [-0.2, -0.15) is 4.99 Å². The van der Waals surface area contributed by atoms with Crippen LogP contribution in [0.2, 0.25) is 0 Å². The number of guanidine groups is 1. The van der Waals surface area contributed by atoms with Crippen molar-refractivity contribution in [1.82, 2.24) is 9.91 Å². The fourth-order valence-electron chi connectivity index (χ4n) is 1.20. The van der Waals surface area contributed by atoms with Crippen LogP contribution < -0.4 is 22.2 Å². The maximum absolute atomic E-state index is 5.60. The highest BCUT2D eigenvalue weighted by atomic mass is 15.4. The predicted molar refractivity (Wildman–Crippen MR) is 45.0 cm³/mol. The molecule has 0 bridgehead atoms. The summed E-state index contributed by atoms with van der Waals surface area (Å²) in [6.45, 7) is 0.534. The molecule has 0 amide bonds. The van der Waals surface area contributed by atoms with Gasteiger partial charge in [0.05, 0.1) is 6.20 Å². The number of hydrogen-bond donors (Lipinski definition) is 3. The summed E-state index contributed by atoms with van der Waals surface area (Å²) in [6, 6.07) is 0. The monoisotopic (exact) mass is 166 g/mol. The summed E-state index contributed by atoms with van der Waals surface area (Å²) < 4.78 is 0. The Hall–Kier alpha value is -1.53. The summed E-state index contributed by atoms with van der Waals surface area (Å²) in [5.74, 6) is 6.37. The van der Waals surface area contributed by atoms with E-state index in [4.69, 9.17) is 17.3 Å². The van der Waals surface area contributed by atoms with E-state index >= 15 is 0 Å². The molecule has 0 saturated heterocycles. The molecule has 2 heterocycles. The SMILES string of the molecule is NC1=NC(N)=C2CN(N)C=C[N+]12. The third-order valence-electron chi connectivity index (χ3n) is 1.81. The maximum atomic E-state index is 5.60. The molecule has 0 aromatic rings. The molecule has 2 aliphatic rings. The molecule has 0 aromatic heterocycles. The lowest BCUT2D eigenvalue weighted by atomic mass is 10.3. The molecular weight excluding hydrogens is 156 g/mol. The number of hydrazine groups is 1. The summed E-state index contributed by atoms with van der Waals surface area (Å²) >= 11 is 0. The molecule has 1 radical (unpaired) electrons. The second-order valence-corrected chi connectivity index (χ2v) is 2.64. The normalized spacial score (nSPS) is 23.1. The van der Waals surface area contributed by atoms with Crippen molar-refractivity contribution in [2.75, 3.05) is 6.54 Å². The van der Waals surface area contributed by atoms with Crippen LogP contribution in [0.5, 0.6) is 0 Å². The van der Waals surface area contributed by atoms with E-state index in [9.17, 15) is 0 Å². The molecule has 0 spiro atoms. The Morgan fingerprint density at radius 2 is 2.25 bits per heavy atom. The highest BCUT2D eigenvalue weighted by Gasteiger charge is 2.37. The van der Waals surface area contributed by atoms with E-state index in [1.807, 2.05) is 0 Å². The molecule has 0 aromatic carbocycles. The third-order valence-corrected chi connectivity index (χ3v) is 1.81. The number of rotatable bonds is 0. The van der Waals surface area contributed by atoms with Crippen molar-refractivity contribution in [3.63, 3.8) is 0 Å². The van der Waals surface area contributed by atoms with Gasteiger partial charge in [0.1, 0.15) is 6.54 Å². The van der Waals surface area contributed by atoms with Crippen molar-refractivity contribution >= 4 is 5.96 Å². The average Bonchev–Trinajstić information content (AvgIpc) is 2.28. The number of aliphatic imine (C=N–C) groups is 1. The summed E-state index contributed by atoms with van der Waals surface area (Å²) in [5.41, 5.74) is 12.0. The molecule has 63 valence electrons. The number of fused-ring (bicyclic) bond motifs is 1. The van der Waals surface area contributed by atoms with Crippen molar-refractivity contribution in [3.8, 4) is 0 Å². The van der Waals surface area contributed by atoms with E-state index in [0.717, 1.165) is 5.70 Å². The zero-order valence-corrected chi connectivity index (χ0v) is 6.44. The lowest BCUT2D eigenvalue weighted by molar-refractivity contribution is 0.393. The minimum atomic E-state index is 0.395. The first kappa shape index (κ1) is 7.14. The van der Waals surface area contributed by atoms with Gasteiger partial charge in [0.2, 0.25) is 5.70 Å². The second-order valence-electron chi connectivity index (χ2n) is 2.64. The van der Waals surface area contributed by atoms with Crippen LogP contribution in [0, 0.1) is 0 Å². The Kier molecular flexibility index (Phi) is 1.32. The fourth-order valence-corrected chi connectivity index (χ4v) is 1.20. The molecule has 0 saturated carbocycles. The van der Waals surface area contributed by atoms with Gasteiger partial charge in [-0.15, -0.1) is 0 Å². The zero-order valence-electron chi connectivity index (χ0n) is 6.44.